The molecular weight excluding hydrogens is 870 g/mol. The number of fused-ring (bicyclic) bond motifs is 4. The molecule has 56 heavy (non-hydrogen) atoms. The second-order valence-corrected chi connectivity index (χ2v) is 32.7. The molecule has 1 unspecified atom stereocenters. The molecule has 2 bridgehead atoms. The summed E-state index contributed by atoms with van der Waals surface area (Å²) in [6.07, 6.45) is 10.7. The first-order valence-electron chi connectivity index (χ1n) is 20.4. The highest BCUT2D eigenvalue weighted by atomic mass is 127. The molecule has 4 aromatic heterocycles. The number of carbonyl (C=O) groups excluding carboxylic acids is 1. The average Bonchev–Trinajstić information content (AvgIpc) is 3.88. The van der Waals surface area contributed by atoms with Crippen LogP contribution in [0.25, 0.3) is 27.5 Å². The number of rotatable bonds is 14. The van der Waals surface area contributed by atoms with Gasteiger partial charge in [0.15, 0.2) is 11.5 Å². The highest BCUT2D eigenvalue weighted by molar-refractivity contribution is 14.1. The number of amides is 1. The van der Waals surface area contributed by atoms with Gasteiger partial charge in [-0.1, -0.05) is 45.3 Å². The Hall–Kier alpha value is -2.45. The summed E-state index contributed by atoms with van der Waals surface area (Å²) < 4.78 is 21.8. The Kier molecular flexibility index (Phi) is 12.4. The first kappa shape index (κ1) is 41.7. The molecular formula is C41H60IN7O4SSi2. The Balaban J connectivity index is 1.26. The minimum absolute atomic E-state index is 0.116. The van der Waals surface area contributed by atoms with E-state index < -0.39 is 21.7 Å². The molecule has 7 rings (SSSR count). The molecule has 2 saturated heterocycles. The summed E-state index contributed by atoms with van der Waals surface area (Å²) in [6.45, 7) is 22.3. The van der Waals surface area contributed by atoms with Crippen molar-refractivity contribution in [3.63, 3.8) is 0 Å². The quantitative estimate of drug-likeness (QED) is 0.0529. The van der Waals surface area contributed by atoms with Gasteiger partial charge in [-0.2, -0.15) is 9.61 Å². The van der Waals surface area contributed by atoms with Crippen molar-refractivity contribution in [2.75, 3.05) is 31.6 Å². The highest BCUT2D eigenvalue weighted by Crippen LogP contribution is 2.46. The molecule has 304 valence electrons. The lowest BCUT2D eigenvalue weighted by atomic mass is 9.88. The van der Waals surface area contributed by atoms with Crippen molar-refractivity contribution in [3.8, 4) is 21.8 Å². The fourth-order valence-electron chi connectivity index (χ4n) is 7.98. The first-order valence-corrected chi connectivity index (χ1v) is 29.7. The van der Waals surface area contributed by atoms with Gasteiger partial charge in [-0.15, -0.1) is 11.3 Å². The van der Waals surface area contributed by atoms with Crippen LogP contribution in [-0.4, -0.2) is 96.1 Å². The summed E-state index contributed by atoms with van der Waals surface area (Å²) in [5, 5.41) is 6.02. The van der Waals surface area contributed by atoms with Crippen LogP contribution in [0.1, 0.15) is 75.1 Å². The molecule has 0 saturated carbocycles. The largest absolute Gasteiger partial charge is 0.444 e. The van der Waals surface area contributed by atoms with Crippen molar-refractivity contribution < 1.29 is 19.0 Å². The lowest BCUT2D eigenvalue weighted by Crippen LogP contribution is -2.48. The SMILES string of the molecule is CC(C)(C)OC(=O)N1[C@@H]2CC[C@H]1CC(c1nc3c(-c4ccc(-c5nc6c(s5)CCC6)nc4)cnn3c(N(COCC[Si](C)(C)C)COCC[Si](C)(C)C)c1I)C2. The van der Waals surface area contributed by atoms with Gasteiger partial charge in [0.25, 0.3) is 0 Å². The second kappa shape index (κ2) is 16.7. The van der Waals surface area contributed by atoms with Gasteiger partial charge in [0.2, 0.25) is 0 Å². The van der Waals surface area contributed by atoms with Gasteiger partial charge in [-0.05, 0) is 106 Å². The number of piperidine rings is 1. The third kappa shape index (κ3) is 9.70. The van der Waals surface area contributed by atoms with E-state index in [4.69, 9.17) is 34.3 Å². The Labute approximate surface area is 352 Å². The summed E-state index contributed by atoms with van der Waals surface area (Å²) >= 11 is 4.26. The summed E-state index contributed by atoms with van der Waals surface area (Å²) in [7, 11) is -2.57. The van der Waals surface area contributed by atoms with Crippen LogP contribution in [-0.2, 0) is 27.1 Å². The molecule has 0 radical (unpaired) electrons. The summed E-state index contributed by atoms with van der Waals surface area (Å²) in [4.78, 5) is 34.4. The van der Waals surface area contributed by atoms with Crippen molar-refractivity contribution in [3.05, 3.63) is 44.4 Å². The number of anilines is 1. The Bertz CT molecular complexity index is 1960. The molecule has 3 atom stereocenters. The molecule has 0 N–H and O–H groups in total. The maximum Gasteiger partial charge on any atom is 0.410 e. The van der Waals surface area contributed by atoms with Crippen LogP contribution in [0.5, 0.6) is 0 Å². The van der Waals surface area contributed by atoms with E-state index in [9.17, 15) is 4.79 Å². The van der Waals surface area contributed by atoms with Crippen LogP contribution >= 0.6 is 33.9 Å². The molecule has 4 aromatic rings. The van der Waals surface area contributed by atoms with E-state index in [1.165, 1.54) is 17.0 Å². The molecule has 2 fully saturated rings. The normalized spacial score (nSPS) is 19.9. The molecule has 0 spiro atoms. The van der Waals surface area contributed by atoms with Crippen molar-refractivity contribution >= 4 is 67.6 Å². The fourth-order valence-corrected chi connectivity index (χ4v) is 11.8. The number of hydrogen-bond acceptors (Lipinski definition) is 10. The van der Waals surface area contributed by atoms with Crippen molar-refractivity contribution in [2.24, 2.45) is 0 Å². The van der Waals surface area contributed by atoms with E-state index in [1.807, 2.05) is 42.6 Å². The smallest absolute Gasteiger partial charge is 0.410 e. The van der Waals surface area contributed by atoms with Crippen LogP contribution in [0.3, 0.4) is 0 Å². The Morgan fingerprint density at radius 1 is 0.946 bits per heavy atom. The number of nitrogens with zero attached hydrogens (tertiary/aromatic N) is 7. The van der Waals surface area contributed by atoms with Crippen LogP contribution in [0.15, 0.2) is 24.5 Å². The molecule has 15 heteroatoms. The van der Waals surface area contributed by atoms with Gasteiger partial charge in [0.05, 0.1) is 26.8 Å². The Morgan fingerprint density at radius 3 is 2.18 bits per heavy atom. The lowest BCUT2D eigenvalue weighted by Gasteiger charge is -2.39. The van der Waals surface area contributed by atoms with Crippen molar-refractivity contribution in [1.29, 1.82) is 0 Å². The minimum Gasteiger partial charge on any atom is -0.444 e. The Morgan fingerprint density at radius 2 is 1.61 bits per heavy atom. The predicted octanol–water partition coefficient (Wildman–Crippen LogP) is 10.1. The van der Waals surface area contributed by atoms with E-state index in [1.54, 1.807) is 11.3 Å². The monoisotopic (exact) mass is 929 g/mol. The summed E-state index contributed by atoms with van der Waals surface area (Å²) in [6, 6.07) is 6.61. The average molecular weight is 930 g/mol. The third-order valence-corrected chi connectivity index (χ3v) is 16.6. The minimum atomic E-state index is -1.29. The molecule has 11 nitrogen and oxygen atoms in total. The van der Waals surface area contributed by atoms with Crippen LogP contribution < -0.4 is 4.90 Å². The number of hydrogen-bond donors (Lipinski definition) is 0. The third-order valence-electron chi connectivity index (χ3n) is 11.0. The number of thiazole rings is 1. The highest BCUT2D eigenvalue weighted by Gasteiger charge is 2.46. The van der Waals surface area contributed by atoms with Crippen LogP contribution in [0.2, 0.25) is 51.4 Å². The van der Waals surface area contributed by atoms with E-state index in [0.29, 0.717) is 26.7 Å². The number of ether oxygens (including phenoxy) is 3. The number of carbonyl (C=O) groups is 1. The van der Waals surface area contributed by atoms with Gasteiger partial charge in [0.1, 0.15) is 24.1 Å². The standard InChI is InChI=1S/C41H60IN7O4SSi2/c1-41(2,3)53-40(50)48-29-14-15-30(48)22-28(21-29)36-35(42)39(47(25-51-17-19-55(4,5)6)26-52-18-20-56(7,8)9)49-37(46-36)31(24-44-49)27-13-16-33(43-23-27)38-45-32-11-10-12-34(32)54-38/h13,16,23-24,28-30H,10-12,14-15,17-22,25-26H2,1-9H3/t28?,29-,30+. The number of aryl methyl sites for hydroxylation is 2. The zero-order valence-electron chi connectivity index (χ0n) is 34.8. The lowest BCUT2D eigenvalue weighted by molar-refractivity contribution is 0.00566. The predicted molar refractivity (Wildman–Crippen MR) is 239 cm³/mol. The molecule has 0 aromatic carbocycles. The number of pyridine rings is 1. The number of halogens is 1. The van der Waals surface area contributed by atoms with Crippen LogP contribution in [0.4, 0.5) is 10.6 Å². The molecule has 1 aliphatic carbocycles. The molecule has 1 amide bonds. The van der Waals surface area contributed by atoms with Crippen molar-refractivity contribution in [2.45, 2.75) is 141 Å². The van der Waals surface area contributed by atoms with Gasteiger partial charge in [0, 0.05) is 69.6 Å². The second-order valence-electron chi connectivity index (χ2n) is 19.3. The van der Waals surface area contributed by atoms with Gasteiger partial charge < -0.3 is 24.0 Å². The fraction of sp³-hybridized carbons (Fsp3) is 0.634. The zero-order chi connectivity index (χ0) is 40.0. The maximum atomic E-state index is 13.4. The van der Waals surface area contributed by atoms with Crippen molar-refractivity contribution in [1.82, 2.24) is 29.5 Å². The van der Waals surface area contributed by atoms with E-state index in [2.05, 4.69) is 78.9 Å². The first-order chi connectivity index (χ1) is 26.4. The molecule has 2 aliphatic heterocycles. The van der Waals surface area contributed by atoms with Gasteiger partial charge >= 0.3 is 6.09 Å². The number of aromatic nitrogens is 5. The van der Waals surface area contributed by atoms with Gasteiger partial charge in [-0.3, -0.25) is 4.98 Å². The topological polar surface area (TPSA) is 107 Å². The van der Waals surface area contributed by atoms with E-state index >= 15 is 0 Å². The van der Waals surface area contributed by atoms with E-state index in [0.717, 1.165) is 93.2 Å². The zero-order valence-corrected chi connectivity index (χ0v) is 39.8. The maximum absolute atomic E-state index is 13.4. The molecule has 3 aliphatic rings. The van der Waals surface area contributed by atoms with E-state index in [-0.39, 0.29) is 24.1 Å². The summed E-state index contributed by atoms with van der Waals surface area (Å²) in [5.41, 5.74) is 5.33. The molecule has 6 heterocycles. The van der Waals surface area contributed by atoms with Crippen LogP contribution in [0, 0.1) is 3.57 Å². The summed E-state index contributed by atoms with van der Waals surface area (Å²) in [5.74, 6) is 1.10. The van der Waals surface area contributed by atoms with Gasteiger partial charge in [-0.25, -0.2) is 14.8 Å².